The van der Waals surface area contributed by atoms with Gasteiger partial charge in [-0.25, -0.2) is 9.18 Å². The average Bonchev–Trinajstić information content (AvgIpc) is 2.83. The Bertz CT molecular complexity index is 1220. The molecule has 37 heavy (non-hydrogen) atoms. The summed E-state index contributed by atoms with van der Waals surface area (Å²) in [7, 11) is 0. The molecule has 2 aliphatic rings. The highest BCUT2D eigenvalue weighted by Gasteiger charge is 2.52. The maximum absolute atomic E-state index is 13.5. The molecule has 194 valence electrons. The third kappa shape index (κ3) is 5.42. The minimum atomic E-state index is -0.907. The fourth-order valence-electron chi connectivity index (χ4n) is 5.74. The number of carbonyl (C=O) groups is 1. The number of aromatic carboxylic acids is 1. The number of benzene rings is 3. The second kappa shape index (κ2) is 10.4. The molecule has 0 bridgehead atoms. The molecule has 1 saturated carbocycles. The molecule has 3 aromatic rings. The lowest BCUT2D eigenvalue weighted by molar-refractivity contribution is -0.0712. The predicted molar refractivity (Wildman–Crippen MR) is 142 cm³/mol. The molecule has 1 spiro atoms. The number of likely N-dealkylation sites (tertiary alicyclic amines) is 1. The number of anilines is 1. The van der Waals surface area contributed by atoms with E-state index in [1.807, 2.05) is 26.0 Å². The normalized spacial score (nSPS) is 16.6. The van der Waals surface area contributed by atoms with Crippen LogP contribution in [0.15, 0.2) is 60.7 Å². The van der Waals surface area contributed by atoms with Gasteiger partial charge in [0.2, 0.25) is 0 Å². The summed E-state index contributed by atoms with van der Waals surface area (Å²) in [5.41, 5.74) is 4.49. The number of hydrogen-bond donors (Lipinski definition) is 2. The highest BCUT2D eigenvalue weighted by atomic mass is 19.1. The fourth-order valence-corrected chi connectivity index (χ4v) is 5.74. The topological polar surface area (TPSA) is 71.0 Å². The second-order valence-corrected chi connectivity index (χ2v) is 10.1. The van der Waals surface area contributed by atoms with Gasteiger partial charge in [0.15, 0.2) is 0 Å². The molecule has 1 saturated heterocycles. The summed E-state index contributed by atoms with van der Waals surface area (Å²) in [6.45, 7) is 7.91. The van der Waals surface area contributed by atoms with Crippen molar-refractivity contribution in [2.75, 3.05) is 31.6 Å². The van der Waals surface area contributed by atoms with E-state index >= 15 is 0 Å². The predicted octanol–water partition coefficient (Wildman–Crippen LogP) is 6.06. The number of halogens is 1. The maximum Gasteiger partial charge on any atom is 0.335 e. The van der Waals surface area contributed by atoms with Crippen molar-refractivity contribution < 1.29 is 23.8 Å². The lowest BCUT2D eigenvalue weighted by Crippen LogP contribution is -2.64. The smallest absolute Gasteiger partial charge is 0.335 e. The van der Waals surface area contributed by atoms with Crippen molar-refractivity contribution in [2.24, 2.45) is 5.41 Å². The molecule has 0 aromatic heterocycles. The SMILES string of the molecule is CCOc1cc(CN2CC3(CC(Nc4ccc(C(=O)O)cc4)C3)C2)cc(OCC)c1-c1ccc(F)cc1. The molecule has 2 fully saturated rings. The summed E-state index contributed by atoms with van der Waals surface area (Å²) in [6.07, 6.45) is 2.23. The van der Waals surface area contributed by atoms with E-state index in [1.165, 1.54) is 12.1 Å². The molecule has 0 unspecified atom stereocenters. The number of carboxylic acids is 1. The van der Waals surface area contributed by atoms with Crippen LogP contribution in [0.1, 0.15) is 42.6 Å². The van der Waals surface area contributed by atoms with Crippen molar-refractivity contribution in [3.8, 4) is 22.6 Å². The molecule has 2 N–H and O–H groups in total. The van der Waals surface area contributed by atoms with Gasteiger partial charge in [-0.2, -0.15) is 0 Å². The van der Waals surface area contributed by atoms with E-state index in [2.05, 4.69) is 22.3 Å². The fraction of sp³-hybridized carbons (Fsp3) is 0.367. The Kier molecular flexibility index (Phi) is 7.07. The second-order valence-electron chi connectivity index (χ2n) is 10.1. The van der Waals surface area contributed by atoms with Crippen LogP contribution in [0.5, 0.6) is 11.5 Å². The highest BCUT2D eigenvalue weighted by molar-refractivity contribution is 5.88. The van der Waals surface area contributed by atoms with Crippen molar-refractivity contribution in [2.45, 2.75) is 39.3 Å². The monoisotopic (exact) mass is 504 g/mol. The molecule has 1 aliphatic carbocycles. The standard InChI is InChI=1S/C30H33FN2O4/c1-3-36-26-13-20(14-27(37-4-2)28(26)21-5-9-23(31)10-6-21)17-33-18-30(19-33)15-25(16-30)32-24-11-7-22(8-12-24)29(34)35/h5-14,25,32H,3-4,15-19H2,1-2H3,(H,34,35). The van der Waals surface area contributed by atoms with E-state index in [0.717, 1.165) is 66.4 Å². The van der Waals surface area contributed by atoms with Gasteiger partial charge in [-0.3, -0.25) is 4.90 Å². The van der Waals surface area contributed by atoms with Gasteiger partial charge in [-0.05, 0) is 91.8 Å². The number of rotatable bonds is 10. The zero-order valence-corrected chi connectivity index (χ0v) is 21.3. The maximum atomic E-state index is 13.5. The van der Waals surface area contributed by atoms with Crippen LogP contribution in [-0.4, -0.2) is 48.3 Å². The first-order valence-electron chi connectivity index (χ1n) is 12.9. The van der Waals surface area contributed by atoms with Gasteiger partial charge >= 0.3 is 5.97 Å². The first-order chi connectivity index (χ1) is 17.9. The van der Waals surface area contributed by atoms with Crippen LogP contribution in [0.4, 0.5) is 10.1 Å². The molecule has 0 amide bonds. The molecular formula is C30H33FN2O4. The van der Waals surface area contributed by atoms with Gasteiger partial charge in [0.25, 0.3) is 0 Å². The Hall–Kier alpha value is -3.58. The number of nitrogens with one attached hydrogen (secondary N) is 1. The van der Waals surface area contributed by atoms with Crippen molar-refractivity contribution in [1.29, 1.82) is 0 Å². The first kappa shape index (κ1) is 25.1. The van der Waals surface area contributed by atoms with Gasteiger partial charge in [-0.1, -0.05) is 12.1 Å². The summed E-state index contributed by atoms with van der Waals surface area (Å²) >= 11 is 0. The molecule has 0 atom stereocenters. The van der Waals surface area contributed by atoms with Gasteiger partial charge < -0.3 is 19.9 Å². The van der Waals surface area contributed by atoms with Crippen molar-refractivity contribution in [3.63, 3.8) is 0 Å². The summed E-state index contributed by atoms with van der Waals surface area (Å²) < 4.78 is 25.6. The van der Waals surface area contributed by atoms with Gasteiger partial charge in [0, 0.05) is 31.4 Å². The van der Waals surface area contributed by atoms with Crippen molar-refractivity contribution >= 4 is 11.7 Å². The molecule has 7 heteroatoms. The Balaban J connectivity index is 1.22. The Labute approximate surface area is 217 Å². The van der Waals surface area contributed by atoms with Gasteiger partial charge in [-0.15, -0.1) is 0 Å². The summed E-state index contributed by atoms with van der Waals surface area (Å²) in [6, 6.07) is 18.0. The van der Waals surface area contributed by atoms with E-state index < -0.39 is 5.97 Å². The van der Waals surface area contributed by atoms with E-state index in [1.54, 1.807) is 24.3 Å². The summed E-state index contributed by atoms with van der Waals surface area (Å²) in [4.78, 5) is 13.5. The van der Waals surface area contributed by atoms with Crippen LogP contribution >= 0.6 is 0 Å². The van der Waals surface area contributed by atoms with Crippen molar-refractivity contribution in [3.05, 3.63) is 77.6 Å². The summed E-state index contributed by atoms with van der Waals surface area (Å²) in [5.74, 6) is 0.335. The Morgan fingerprint density at radius 2 is 1.59 bits per heavy atom. The largest absolute Gasteiger partial charge is 0.493 e. The Morgan fingerprint density at radius 1 is 1.00 bits per heavy atom. The third-order valence-corrected chi connectivity index (χ3v) is 7.24. The van der Waals surface area contributed by atoms with Crippen LogP contribution in [0, 0.1) is 11.2 Å². The molecular weight excluding hydrogens is 471 g/mol. The number of carboxylic acid groups (broad SMARTS) is 1. The first-order valence-corrected chi connectivity index (χ1v) is 12.9. The minimum absolute atomic E-state index is 0.271. The quantitative estimate of drug-likeness (QED) is 0.350. The van der Waals surface area contributed by atoms with E-state index in [-0.39, 0.29) is 5.82 Å². The molecule has 3 aromatic carbocycles. The molecule has 5 rings (SSSR count). The zero-order valence-electron chi connectivity index (χ0n) is 21.3. The van der Waals surface area contributed by atoms with Crippen molar-refractivity contribution in [1.82, 2.24) is 4.90 Å². The third-order valence-electron chi connectivity index (χ3n) is 7.24. The number of nitrogens with zero attached hydrogens (tertiary/aromatic N) is 1. The number of ether oxygens (including phenoxy) is 2. The minimum Gasteiger partial charge on any atom is -0.493 e. The summed E-state index contributed by atoms with van der Waals surface area (Å²) in [5, 5.41) is 12.6. The van der Waals surface area contributed by atoms with E-state index in [4.69, 9.17) is 14.6 Å². The highest BCUT2D eigenvalue weighted by Crippen LogP contribution is 2.50. The van der Waals surface area contributed by atoms with Crippen LogP contribution in [0.3, 0.4) is 0 Å². The molecule has 1 heterocycles. The van der Waals surface area contributed by atoms with E-state index in [0.29, 0.717) is 30.2 Å². The lowest BCUT2D eigenvalue weighted by Gasteiger charge is -2.59. The average molecular weight is 505 g/mol. The lowest BCUT2D eigenvalue weighted by atomic mass is 9.60. The molecule has 6 nitrogen and oxygen atoms in total. The number of hydrogen-bond acceptors (Lipinski definition) is 5. The van der Waals surface area contributed by atoms with Gasteiger partial charge in [0.1, 0.15) is 17.3 Å². The molecule has 0 radical (unpaired) electrons. The van der Waals surface area contributed by atoms with Crippen LogP contribution in [-0.2, 0) is 6.54 Å². The Morgan fingerprint density at radius 3 is 2.14 bits per heavy atom. The van der Waals surface area contributed by atoms with Crippen LogP contribution in [0.2, 0.25) is 0 Å². The van der Waals surface area contributed by atoms with Gasteiger partial charge in [0.05, 0.1) is 24.3 Å². The van der Waals surface area contributed by atoms with Crippen LogP contribution in [0.25, 0.3) is 11.1 Å². The zero-order chi connectivity index (χ0) is 26.0. The van der Waals surface area contributed by atoms with E-state index in [9.17, 15) is 9.18 Å². The molecule has 1 aliphatic heterocycles. The van der Waals surface area contributed by atoms with Crippen LogP contribution < -0.4 is 14.8 Å².